The molecule has 3 heteroatoms. The largest absolute Gasteiger partial charge is 0.362 e. The van der Waals surface area contributed by atoms with Crippen LogP contribution in [0.3, 0.4) is 0 Å². The monoisotopic (exact) mass is 251 g/mol. The number of imidazole rings is 1. The highest BCUT2D eigenvalue weighted by Crippen LogP contribution is 2.27. The van der Waals surface area contributed by atoms with Crippen LogP contribution in [0.2, 0.25) is 0 Å². The number of hydrogen-bond donors (Lipinski definition) is 2. The molecule has 3 nitrogen and oxygen atoms in total. The molecule has 0 unspecified atom stereocenters. The summed E-state index contributed by atoms with van der Waals surface area (Å²) in [5.41, 5.74) is 6.71. The Bertz CT molecular complexity index is 705. The number of nitrogens with one attached hydrogen (secondary N) is 2. The molecule has 96 valence electrons. The molecule has 0 amide bonds. The number of hydrogen-bond acceptors (Lipinski definition) is 1. The van der Waals surface area contributed by atoms with E-state index >= 15 is 0 Å². The fraction of sp³-hybridized carbons (Fsp3) is 0.188. The first-order valence-corrected chi connectivity index (χ1v) is 6.44. The summed E-state index contributed by atoms with van der Waals surface area (Å²) >= 11 is 0. The van der Waals surface area contributed by atoms with Gasteiger partial charge in [-0.05, 0) is 26.8 Å². The van der Waals surface area contributed by atoms with E-state index < -0.39 is 0 Å². The molecular formula is C16H17N3. The molecular weight excluding hydrogens is 234 g/mol. The van der Waals surface area contributed by atoms with E-state index in [1.165, 1.54) is 0 Å². The standard InChI is InChI=1S/C16H17N3/c1-10-9-14(11(2)17-10)16-18-12(3)15(19-16)13-7-5-4-6-8-13/h4-9,17H,1-3H3,(H,18,19). The van der Waals surface area contributed by atoms with Crippen LogP contribution in [0.1, 0.15) is 17.1 Å². The van der Waals surface area contributed by atoms with Crippen molar-refractivity contribution in [2.45, 2.75) is 20.8 Å². The molecule has 0 aliphatic rings. The molecule has 2 N–H and O–H groups in total. The molecule has 0 bridgehead atoms. The van der Waals surface area contributed by atoms with Gasteiger partial charge in [0.15, 0.2) is 0 Å². The number of nitrogens with zero attached hydrogens (tertiary/aromatic N) is 1. The summed E-state index contributed by atoms with van der Waals surface area (Å²) in [6.45, 7) is 6.19. The van der Waals surface area contributed by atoms with Crippen molar-refractivity contribution in [3.63, 3.8) is 0 Å². The maximum Gasteiger partial charge on any atom is 0.140 e. The van der Waals surface area contributed by atoms with Crippen LogP contribution in [-0.2, 0) is 0 Å². The van der Waals surface area contributed by atoms with E-state index in [4.69, 9.17) is 4.98 Å². The van der Waals surface area contributed by atoms with Gasteiger partial charge in [-0.25, -0.2) is 4.98 Å². The van der Waals surface area contributed by atoms with Crippen molar-refractivity contribution in [1.29, 1.82) is 0 Å². The van der Waals surface area contributed by atoms with Gasteiger partial charge in [0.25, 0.3) is 0 Å². The zero-order chi connectivity index (χ0) is 13.4. The number of rotatable bonds is 2. The molecule has 2 aromatic heterocycles. The molecule has 0 aliphatic heterocycles. The van der Waals surface area contributed by atoms with Gasteiger partial charge in [-0.3, -0.25) is 0 Å². The van der Waals surface area contributed by atoms with Crippen molar-refractivity contribution in [1.82, 2.24) is 15.0 Å². The van der Waals surface area contributed by atoms with Gasteiger partial charge in [-0.2, -0.15) is 0 Å². The van der Waals surface area contributed by atoms with Crippen LogP contribution in [0.4, 0.5) is 0 Å². The smallest absolute Gasteiger partial charge is 0.140 e. The van der Waals surface area contributed by atoms with Gasteiger partial charge in [0.1, 0.15) is 5.82 Å². The Morgan fingerprint density at radius 1 is 0.895 bits per heavy atom. The lowest BCUT2D eigenvalue weighted by atomic mass is 10.1. The van der Waals surface area contributed by atoms with E-state index in [1.54, 1.807) is 0 Å². The number of aryl methyl sites for hydroxylation is 3. The maximum atomic E-state index is 4.75. The topological polar surface area (TPSA) is 44.5 Å². The third-order valence-corrected chi connectivity index (χ3v) is 3.34. The van der Waals surface area contributed by atoms with E-state index in [9.17, 15) is 0 Å². The molecule has 1 aromatic carbocycles. The zero-order valence-corrected chi connectivity index (χ0v) is 11.4. The van der Waals surface area contributed by atoms with E-state index in [-0.39, 0.29) is 0 Å². The Kier molecular flexibility index (Phi) is 2.75. The summed E-state index contributed by atoms with van der Waals surface area (Å²) in [6, 6.07) is 12.4. The van der Waals surface area contributed by atoms with Gasteiger partial charge in [-0.1, -0.05) is 30.3 Å². The summed E-state index contributed by atoms with van der Waals surface area (Å²) in [5, 5.41) is 0. The molecule has 0 atom stereocenters. The molecule has 0 spiro atoms. The minimum absolute atomic E-state index is 0.929. The second-order valence-electron chi connectivity index (χ2n) is 4.92. The molecule has 0 saturated carbocycles. The first kappa shape index (κ1) is 11.8. The number of H-pyrrole nitrogens is 2. The summed E-state index contributed by atoms with van der Waals surface area (Å²) < 4.78 is 0. The summed E-state index contributed by atoms with van der Waals surface area (Å²) in [5.74, 6) is 0.929. The Morgan fingerprint density at radius 2 is 1.63 bits per heavy atom. The highest BCUT2D eigenvalue weighted by atomic mass is 14.9. The van der Waals surface area contributed by atoms with Crippen LogP contribution in [0.25, 0.3) is 22.6 Å². The average molecular weight is 251 g/mol. The minimum Gasteiger partial charge on any atom is -0.362 e. The van der Waals surface area contributed by atoms with Crippen molar-refractivity contribution in [2.75, 3.05) is 0 Å². The summed E-state index contributed by atoms with van der Waals surface area (Å²) in [6.07, 6.45) is 0. The maximum absolute atomic E-state index is 4.75. The molecule has 19 heavy (non-hydrogen) atoms. The Balaban J connectivity index is 2.10. The first-order chi connectivity index (χ1) is 9.15. The van der Waals surface area contributed by atoms with Crippen molar-refractivity contribution >= 4 is 0 Å². The molecule has 3 rings (SSSR count). The van der Waals surface area contributed by atoms with E-state index in [0.29, 0.717) is 0 Å². The van der Waals surface area contributed by atoms with Gasteiger partial charge < -0.3 is 9.97 Å². The van der Waals surface area contributed by atoms with Crippen LogP contribution >= 0.6 is 0 Å². The molecule has 0 aliphatic carbocycles. The van der Waals surface area contributed by atoms with E-state index in [2.05, 4.69) is 48.9 Å². The van der Waals surface area contributed by atoms with Crippen LogP contribution in [0, 0.1) is 20.8 Å². The number of aromatic amines is 2. The Morgan fingerprint density at radius 3 is 2.26 bits per heavy atom. The Hall–Kier alpha value is -2.29. The highest BCUT2D eigenvalue weighted by Gasteiger charge is 2.13. The van der Waals surface area contributed by atoms with Crippen molar-refractivity contribution in [2.24, 2.45) is 0 Å². The number of aromatic nitrogens is 3. The van der Waals surface area contributed by atoms with Crippen LogP contribution < -0.4 is 0 Å². The Labute approximate surface area is 112 Å². The molecule has 0 fully saturated rings. The van der Waals surface area contributed by atoms with Crippen molar-refractivity contribution in [3.8, 4) is 22.6 Å². The van der Waals surface area contributed by atoms with E-state index in [0.717, 1.165) is 39.7 Å². The summed E-state index contributed by atoms with van der Waals surface area (Å²) in [4.78, 5) is 11.4. The quantitative estimate of drug-likeness (QED) is 0.710. The van der Waals surface area contributed by atoms with Crippen LogP contribution in [0.5, 0.6) is 0 Å². The van der Waals surface area contributed by atoms with Crippen LogP contribution in [-0.4, -0.2) is 15.0 Å². The molecule has 0 radical (unpaired) electrons. The van der Waals surface area contributed by atoms with Gasteiger partial charge in [0.2, 0.25) is 0 Å². The average Bonchev–Trinajstić information content (AvgIpc) is 2.93. The predicted octanol–water partition coefficient (Wildman–Crippen LogP) is 4.00. The first-order valence-electron chi connectivity index (χ1n) is 6.44. The summed E-state index contributed by atoms with van der Waals surface area (Å²) in [7, 11) is 0. The minimum atomic E-state index is 0.929. The van der Waals surface area contributed by atoms with Crippen molar-refractivity contribution in [3.05, 3.63) is 53.5 Å². The van der Waals surface area contributed by atoms with Gasteiger partial charge in [0, 0.05) is 28.2 Å². The van der Waals surface area contributed by atoms with Gasteiger partial charge in [-0.15, -0.1) is 0 Å². The fourth-order valence-electron chi connectivity index (χ4n) is 2.43. The highest BCUT2D eigenvalue weighted by molar-refractivity contribution is 5.68. The lowest BCUT2D eigenvalue weighted by Crippen LogP contribution is -1.81. The van der Waals surface area contributed by atoms with Crippen molar-refractivity contribution < 1.29 is 0 Å². The SMILES string of the molecule is Cc1cc(-c2nc(-c3ccccc3)c(C)[nH]2)c(C)[nH]1. The van der Waals surface area contributed by atoms with E-state index in [1.807, 2.05) is 18.2 Å². The third kappa shape index (κ3) is 2.08. The number of benzene rings is 1. The van der Waals surface area contributed by atoms with Gasteiger partial charge >= 0.3 is 0 Å². The predicted molar refractivity (Wildman–Crippen MR) is 78.0 cm³/mol. The van der Waals surface area contributed by atoms with Gasteiger partial charge in [0.05, 0.1) is 5.69 Å². The lowest BCUT2D eigenvalue weighted by Gasteiger charge is -1.96. The molecule has 0 saturated heterocycles. The normalized spacial score (nSPS) is 10.9. The lowest BCUT2D eigenvalue weighted by molar-refractivity contribution is 1.18. The molecule has 2 heterocycles. The third-order valence-electron chi connectivity index (χ3n) is 3.34. The van der Waals surface area contributed by atoms with Crippen LogP contribution in [0.15, 0.2) is 36.4 Å². The second-order valence-corrected chi connectivity index (χ2v) is 4.92. The zero-order valence-electron chi connectivity index (χ0n) is 11.4. The molecule has 3 aromatic rings. The second kappa shape index (κ2) is 4.43. The fourth-order valence-corrected chi connectivity index (χ4v) is 2.43.